The van der Waals surface area contributed by atoms with E-state index < -0.39 is 30.4 Å². The summed E-state index contributed by atoms with van der Waals surface area (Å²) in [7, 11) is 1.58. The van der Waals surface area contributed by atoms with Gasteiger partial charge in [0.25, 0.3) is 0 Å². The molecule has 3 rings (SSSR count). The number of alkyl halides is 3. The van der Waals surface area contributed by atoms with Crippen LogP contribution >= 0.6 is 11.6 Å². The van der Waals surface area contributed by atoms with E-state index in [-0.39, 0.29) is 11.0 Å². The Morgan fingerprint density at radius 3 is 2.62 bits per heavy atom. The average molecular weight is 317 g/mol. The number of nitrogens with zero attached hydrogens (tertiary/aromatic N) is 4. The first-order chi connectivity index (χ1) is 9.84. The van der Waals surface area contributed by atoms with E-state index in [1.165, 1.54) is 29.2 Å². The Bertz CT molecular complexity index is 665. The fourth-order valence-corrected chi connectivity index (χ4v) is 3.06. The van der Waals surface area contributed by atoms with E-state index in [2.05, 4.69) is 15.2 Å². The molecule has 1 aliphatic rings. The SMILES string of the molecule is Cn1cnnc1C(F)C1(c2ccnc(Cl)c2)CC(F)(F)C1. The maximum atomic E-state index is 15.0. The molecule has 21 heavy (non-hydrogen) atoms. The monoisotopic (exact) mass is 316 g/mol. The minimum atomic E-state index is -2.89. The van der Waals surface area contributed by atoms with Gasteiger partial charge in [0.15, 0.2) is 12.0 Å². The summed E-state index contributed by atoms with van der Waals surface area (Å²) in [6, 6.07) is 2.95. The van der Waals surface area contributed by atoms with Crippen molar-refractivity contribution in [1.82, 2.24) is 19.7 Å². The zero-order chi connectivity index (χ0) is 15.3. The minimum Gasteiger partial charge on any atom is -0.318 e. The highest BCUT2D eigenvalue weighted by Crippen LogP contribution is 2.60. The number of rotatable bonds is 3. The van der Waals surface area contributed by atoms with Crippen molar-refractivity contribution in [3.63, 3.8) is 0 Å². The van der Waals surface area contributed by atoms with Crippen LogP contribution < -0.4 is 0 Å². The molecule has 1 atom stereocenters. The van der Waals surface area contributed by atoms with Crippen LogP contribution in [0.25, 0.3) is 0 Å². The zero-order valence-corrected chi connectivity index (χ0v) is 11.9. The average Bonchev–Trinajstić information content (AvgIpc) is 2.80. The van der Waals surface area contributed by atoms with Gasteiger partial charge >= 0.3 is 0 Å². The molecule has 1 fully saturated rings. The van der Waals surface area contributed by atoms with E-state index >= 15 is 0 Å². The third-order valence-corrected chi connectivity index (χ3v) is 4.11. The molecule has 0 aromatic carbocycles. The lowest BCUT2D eigenvalue weighted by Gasteiger charge is -2.49. The number of halogens is 4. The lowest BCUT2D eigenvalue weighted by atomic mass is 9.59. The van der Waals surface area contributed by atoms with Crippen LogP contribution in [0.15, 0.2) is 24.7 Å². The second-order valence-corrected chi connectivity index (χ2v) is 5.78. The van der Waals surface area contributed by atoms with Gasteiger partial charge in [0.2, 0.25) is 5.92 Å². The maximum absolute atomic E-state index is 15.0. The molecule has 0 bridgehead atoms. The topological polar surface area (TPSA) is 43.6 Å². The van der Waals surface area contributed by atoms with Crippen molar-refractivity contribution in [2.45, 2.75) is 30.4 Å². The number of pyridine rings is 1. The largest absolute Gasteiger partial charge is 0.318 e. The summed E-state index contributed by atoms with van der Waals surface area (Å²) < 4.78 is 43.3. The first kappa shape index (κ1) is 14.3. The molecule has 1 saturated carbocycles. The van der Waals surface area contributed by atoms with Gasteiger partial charge in [-0.3, -0.25) is 0 Å². The van der Waals surface area contributed by atoms with Crippen molar-refractivity contribution in [3.05, 3.63) is 41.2 Å². The van der Waals surface area contributed by atoms with Gasteiger partial charge in [0.1, 0.15) is 11.5 Å². The summed E-state index contributed by atoms with van der Waals surface area (Å²) in [6.45, 7) is 0. The van der Waals surface area contributed by atoms with Crippen molar-refractivity contribution in [2.75, 3.05) is 0 Å². The van der Waals surface area contributed by atoms with Crippen LogP contribution in [0.2, 0.25) is 5.15 Å². The normalized spacial score (nSPS) is 20.8. The molecule has 1 unspecified atom stereocenters. The first-order valence-corrected chi connectivity index (χ1v) is 6.70. The zero-order valence-electron chi connectivity index (χ0n) is 11.1. The predicted molar refractivity (Wildman–Crippen MR) is 70.0 cm³/mol. The molecule has 0 aliphatic heterocycles. The van der Waals surface area contributed by atoms with Gasteiger partial charge in [0.05, 0.1) is 0 Å². The van der Waals surface area contributed by atoms with Crippen LogP contribution in [0.3, 0.4) is 0 Å². The second-order valence-electron chi connectivity index (χ2n) is 5.40. The van der Waals surface area contributed by atoms with E-state index in [1.807, 2.05) is 0 Å². The molecule has 112 valence electrons. The Morgan fingerprint density at radius 2 is 2.10 bits per heavy atom. The Morgan fingerprint density at radius 1 is 1.38 bits per heavy atom. The van der Waals surface area contributed by atoms with E-state index in [9.17, 15) is 13.2 Å². The molecule has 0 spiro atoms. The maximum Gasteiger partial charge on any atom is 0.250 e. The van der Waals surface area contributed by atoms with Crippen molar-refractivity contribution in [3.8, 4) is 0 Å². The molecular formula is C13H12ClF3N4. The van der Waals surface area contributed by atoms with Crippen LogP contribution in [0.1, 0.15) is 30.4 Å². The molecule has 0 radical (unpaired) electrons. The summed E-state index contributed by atoms with van der Waals surface area (Å²) >= 11 is 5.81. The number of hydrogen-bond donors (Lipinski definition) is 0. The van der Waals surface area contributed by atoms with Crippen LogP contribution in [0.4, 0.5) is 13.2 Å². The first-order valence-electron chi connectivity index (χ1n) is 6.32. The lowest BCUT2D eigenvalue weighted by Crippen LogP contribution is -2.52. The van der Waals surface area contributed by atoms with E-state index in [0.717, 1.165) is 0 Å². The highest BCUT2D eigenvalue weighted by molar-refractivity contribution is 6.29. The van der Waals surface area contributed by atoms with E-state index in [4.69, 9.17) is 11.6 Å². The summed E-state index contributed by atoms with van der Waals surface area (Å²) in [4.78, 5) is 3.81. The van der Waals surface area contributed by atoms with Crippen LogP contribution in [0, 0.1) is 0 Å². The fraction of sp³-hybridized carbons (Fsp3) is 0.462. The second kappa shape index (κ2) is 4.69. The summed E-state index contributed by atoms with van der Waals surface area (Å²) in [6.07, 6.45) is -0.142. The Hall–Kier alpha value is -1.63. The van der Waals surface area contributed by atoms with E-state index in [0.29, 0.717) is 5.56 Å². The molecule has 0 amide bonds. The molecule has 2 aromatic heterocycles. The molecule has 0 saturated heterocycles. The van der Waals surface area contributed by atoms with Crippen molar-refractivity contribution >= 4 is 11.6 Å². The molecule has 4 nitrogen and oxygen atoms in total. The van der Waals surface area contributed by atoms with E-state index in [1.54, 1.807) is 7.05 Å². The molecule has 0 N–H and O–H groups in total. The van der Waals surface area contributed by atoms with Crippen LogP contribution in [0.5, 0.6) is 0 Å². The Labute approximate surface area is 124 Å². The standard InChI is InChI=1S/C13H12ClF3N4/c1-21-7-19-20-11(21)10(15)12(5-13(16,17)6-12)8-2-3-18-9(14)4-8/h2-4,7,10H,5-6H2,1H3. The third-order valence-electron chi connectivity index (χ3n) is 3.91. The minimum absolute atomic E-state index is 0.0263. The molecule has 2 heterocycles. The third kappa shape index (κ3) is 2.29. The number of aryl methyl sites for hydroxylation is 1. The van der Waals surface area contributed by atoms with Gasteiger partial charge in [-0.1, -0.05) is 11.6 Å². The Kier molecular flexibility index (Phi) is 3.20. The van der Waals surface area contributed by atoms with Crippen molar-refractivity contribution in [2.24, 2.45) is 7.05 Å². The van der Waals surface area contributed by atoms with Gasteiger partial charge in [-0.2, -0.15) is 0 Å². The predicted octanol–water partition coefficient (Wildman–Crippen LogP) is 3.24. The molecule has 8 heteroatoms. The summed E-state index contributed by atoms with van der Waals surface area (Å²) in [5.41, 5.74) is -0.944. The van der Waals surface area contributed by atoms with Gasteiger partial charge in [-0.05, 0) is 17.7 Å². The Balaban J connectivity index is 2.05. The molecular weight excluding hydrogens is 305 g/mol. The smallest absolute Gasteiger partial charge is 0.250 e. The highest BCUT2D eigenvalue weighted by Gasteiger charge is 2.62. The molecule has 1 aliphatic carbocycles. The number of hydrogen-bond acceptors (Lipinski definition) is 3. The quantitative estimate of drug-likeness (QED) is 0.817. The van der Waals surface area contributed by atoms with Gasteiger partial charge in [-0.25, -0.2) is 18.2 Å². The van der Waals surface area contributed by atoms with Crippen LogP contribution in [-0.4, -0.2) is 25.7 Å². The van der Waals surface area contributed by atoms with Crippen LogP contribution in [-0.2, 0) is 12.5 Å². The van der Waals surface area contributed by atoms with Gasteiger partial charge < -0.3 is 4.57 Å². The molecule has 2 aromatic rings. The lowest BCUT2D eigenvalue weighted by molar-refractivity contribution is -0.151. The highest BCUT2D eigenvalue weighted by atomic mass is 35.5. The summed E-state index contributed by atoms with van der Waals surface area (Å²) in [5, 5.41) is 7.46. The van der Waals surface area contributed by atoms with Gasteiger partial charge in [0, 0.05) is 31.5 Å². The fourth-order valence-electron chi connectivity index (χ4n) is 2.88. The van der Waals surface area contributed by atoms with Crippen molar-refractivity contribution < 1.29 is 13.2 Å². The number of aromatic nitrogens is 4. The van der Waals surface area contributed by atoms with Crippen molar-refractivity contribution in [1.29, 1.82) is 0 Å². The summed E-state index contributed by atoms with van der Waals surface area (Å²) in [5.74, 6) is -2.86. The van der Waals surface area contributed by atoms with Gasteiger partial charge in [-0.15, -0.1) is 10.2 Å².